The van der Waals surface area contributed by atoms with E-state index >= 15 is 0 Å². The molecule has 2 nitrogen and oxygen atoms in total. The van der Waals surface area contributed by atoms with Gasteiger partial charge in [0, 0.05) is 6.61 Å². The lowest BCUT2D eigenvalue weighted by atomic mass is 9.68. The van der Waals surface area contributed by atoms with Crippen molar-refractivity contribution in [1.82, 2.24) is 0 Å². The monoisotopic (exact) mass is 181 g/mol. The van der Waals surface area contributed by atoms with Crippen LogP contribution in [0.2, 0.25) is 0 Å². The highest BCUT2D eigenvalue weighted by Crippen LogP contribution is 2.40. The Morgan fingerprint density at radius 1 is 1.54 bits per heavy atom. The van der Waals surface area contributed by atoms with Gasteiger partial charge in [-0.1, -0.05) is 19.8 Å². The Hall–Kier alpha value is -0.550. The SMILES string of the molecule is CCOCC1(C#N)CCCCC1C. The fraction of sp³-hybridized carbons (Fsp3) is 0.909. The van der Waals surface area contributed by atoms with Crippen molar-refractivity contribution in [2.45, 2.75) is 39.5 Å². The van der Waals surface area contributed by atoms with Crippen LogP contribution in [0, 0.1) is 22.7 Å². The van der Waals surface area contributed by atoms with E-state index in [0.717, 1.165) is 13.0 Å². The van der Waals surface area contributed by atoms with Crippen molar-refractivity contribution in [1.29, 1.82) is 5.26 Å². The highest BCUT2D eigenvalue weighted by molar-refractivity contribution is 5.03. The van der Waals surface area contributed by atoms with Gasteiger partial charge in [-0.15, -0.1) is 0 Å². The lowest BCUT2D eigenvalue weighted by Gasteiger charge is -2.36. The van der Waals surface area contributed by atoms with Crippen LogP contribution in [0.25, 0.3) is 0 Å². The number of nitriles is 1. The molecule has 1 aliphatic carbocycles. The van der Waals surface area contributed by atoms with Crippen LogP contribution in [0.1, 0.15) is 39.5 Å². The molecule has 2 heteroatoms. The molecule has 2 unspecified atom stereocenters. The van der Waals surface area contributed by atoms with Crippen molar-refractivity contribution in [3.8, 4) is 6.07 Å². The van der Waals surface area contributed by atoms with E-state index in [1.807, 2.05) is 6.92 Å². The molecule has 0 bridgehead atoms. The molecule has 1 fully saturated rings. The fourth-order valence-corrected chi connectivity index (χ4v) is 2.11. The first kappa shape index (κ1) is 10.5. The molecule has 13 heavy (non-hydrogen) atoms. The Balaban J connectivity index is 2.60. The zero-order chi connectivity index (χ0) is 9.73. The van der Waals surface area contributed by atoms with Gasteiger partial charge >= 0.3 is 0 Å². The number of rotatable bonds is 3. The van der Waals surface area contributed by atoms with Gasteiger partial charge in [-0.3, -0.25) is 0 Å². The van der Waals surface area contributed by atoms with Crippen molar-refractivity contribution < 1.29 is 4.74 Å². The van der Waals surface area contributed by atoms with Crippen molar-refractivity contribution in [2.75, 3.05) is 13.2 Å². The quantitative estimate of drug-likeness (QED) is 0.670. The largest absolute Gasteiger partial charge is 0.380 e. The molecule has 0 aromatic rings. The van der Waals surface area contributed by atoms with Crippen molar-refractivity contribution >= 4 is 0 Å². The normalized spacial score (nSPS) is 34.1. The molecule has 0 heterocycles. The average molecular weight is 181 g/mol. The summed E-state index contributed by atoms with van der Waals surface area (Å²) >= 11 is 0. The summed E-state index contributed by atoms with van der Waals surface area (Å²) in [5.41, 5.74) is -0.186. The molecule has 74 valence electrons. The van der Waals surface area contributed by atoms with E-state index in [1.165, 1.54) is 19.3 Å². The smallest absolute Gasteiger partial charge is 0.0832 e. The maximum absolute atomic E-state index is 9.21. The average Bonchev–Trinajstić information content (AvgIpc) is 2.17. The first-order chi connectivity index (χ1) is 6.25. The predicted molar refractivity (Wildman–Crippen MR) is 52.2 cm³/mol. The van der Waals surface area contributed by atoms with Crippen LogP contribution in [0.5, 0.6) is 0 Å². The number of hydrogen-bond donors (Lipinski definition) is 0. The molecule has 1 aliphatic rings. The molecule has 0 radical (unpaired) electrons. The minimum absolute atomic E-state index is 0.186. The van der Waals surface area contributed by atoms with E-state index < -0.39 is 0 Å². The number of hydrogen-bond acceptors (Lipinski definition) is 2. The molecule has 1 rings (SSSR count). The minimum atomic E-state index is -0.186. The highest BCUT2D eigenvalue weighted by Gasteiger charge is 2.38. The van der Waals surface area contributed by atoms with Crippen LogP contribution in [0.3, 0.4) is 0 Å². The summed E-state index contributed by atoms with van der Waals surface area (Å²) in [6, 6.07) is 2.48. The summed E-state index contributed by atoms with van der Waals surface area (Å²) in [5.74, 6) is 0.498. The maximum atomic E-state index is 9.21. The predicted octanol–water partition coefficient (Wildman–Crippen LogP) is 2.74. The molecule has 0 aromatic carbocycles. The van der Waals surface area contributed by atoms with Gasteiger partial charge in [0.15, 0.2) is 0 Å². The maximum Gasteiger partial charge on any atom is 0.0832 e. The molecular formula is C11H19NO. The van der Waals surface area contributed by atoms with E-state index in [9.17, 15) is 5.26 Å². The molecule has 0 aromatic heterocycles. The zero-order valence-corrected chi connectivity index (χ0v) is 8.68. The first-order valence-electron chi connectivity index (χ1n) is 5.24. The van der Waals surface area contributed by atoms with Gasteiger partial charge in [0.25, 0.3) is 0 Å². The lowest BCUT2D eigenvalue weighted by molar-refractivity contribution is 0.0293. The van der Waals surface area contributed by atoms with Gasteiger partial charge in [-0.05, 0) is 25.7 Å². The highest BCUT2D eigenvalue weighted by atomic mass is 16.5. The van der Waals surface area contributed by atoms with Crippen LogP contribution in [0.15, 0.2) is 0 Å². The second-order valence-corrected chi connectivity index (χ2v) is 4.05. The van der Waals surface area contributed by atoms with Crippen LogP contribution in [-0.2, 0) is 4.74 Å². The van der Waals surface area contributed by atoms with Crippen molar-refractivity contribution in [3.63, 3.8) is 0 Å². The van der Waals surface area contributed by atoms with Crippen LogP contribution < -0.4 is 0 Å². The van der Waals surface area contributed by atoms with E-state index in [0.29, 0.717) is 12.5 Å². The Morgan fingerprint density at radius 2 is 2.31 bits per heavy atom. The summed E-state index contributed by atoms with van der Waals surface area (Å²) < 4.78 is 5.42. The van der Waals surface area contributed by atoms with Crippen molar-refractivity contribution in [3.05, 3.63) is 0 Å². The van der Waals surface area contributed by atoms with E-state index in [1.54, 1.807) is 0 Å². The Kier molecular flexibility index (Phi) is 3.74. The summed E-state index contributed by atoms with van der Waals surface area (Å²) in [6.45, 7) is 5.51. The molecule has 0 N–H and O–H groups in total. The van der Waals surface area contributed by atoms with Crippen LogP contribution >= 0.6 is 0 Å². The van der Waals surface area contributed by atoms with E-state index in [4.69, 9.17) is 4.74 Å². The number of nitrogens with zero attached hydrogens (tertiary/aromatic N) is 1. The van der Waals surface area contributed by atoms with Gasteiger partial charge in [-0.2, -0.15) is 5.26 Å². The molecule has 2 atom stereocenters. The minimum Gasteiger partial charge on any atom is -0.380 e. The molecular weight excluding hydrogens is 162 g/mol. The topological polar surface area (TPSA) is 33.0 Å². The third-order valence-electron chi connectivity index (χ3n) is 3.24. The summed E-state index contributed by atoms with van der Waals surface area (Å²) in [5, 5.41) is 9.21. The third kappa shape index (κ3) is 2.22. The Morgan fingerprint density at radius 3 is 2.85 bits per heavy atom. The van der Waals surface area contributed by atoms with Crippen molar-refractivity contribution in [2.24, 2.45) is 11.3 Å². The lowest BCUT2D eigenvalue weighted by Crippen LogP contribution is -2.35. The molecule has 0 spiro atoms. The van der Waals surface area contributed by atoms with E-state index in [-0.39, 0.29) is 5.41 Å². The van der Waals surface area contributed by atoms with Crippen LogP contribution in [0.4, 0.5) is 0 Å². The zero-order valence-electron chi connectivity index (χ0n) is 8.68. The third-order valence-corrected chi connectivity index (χ3v) is 3.24. The van der Waals surface area contributed by atoms with E-state index in [2.05, 4.69) is 13.0 Å². The summed E-state index contributed by atoms with van der Waals surface area (Å²) in [7, 11) is 0. The second-order valence-electron chi connectivity index (χ2n) is 4.05. The summed E-state index contributed by atoms with van der Waals surface area (Å²) in [4.78, 5) is 0. The molecule has 0 aliphatic heterocycles. The molecule has 0 saturated heterocycles. The van der Waals surface area contributed by atoms with Gasteiger partial charge in [0.2, 0.25) is 0 Å². The first-order valence-corrected chi connectivity index (χ1v) is 5.24. The second kappa shape index (κ2) is 4.62. The standard InChI is InChI=1S/C11H19NO/c1-3-13-9-11(8-12)7-5-4-6-10(11)2/h10H,3-7,9H2,1-2H3. The summed E-state index contributed by atoms with van der Waals surface area (Å²) in [6.07, 6.45) is 4.66. The molecule has 0 amide bonds. The molecule has 1 saturated carbocycles. The van der Waals surface area contributed by atoms with Gasteiger partial charge in [-0.25, -0.2) is 0 Å². The number of ether oxygens (including phenoxy) is 1. The van der Waals surface area contributed by atoms with Crippen LogP contribution in [-0.4, -0.2) is 13.2 Å². The van der Waals surface area contributed by atoms with Gasteiger partial charge in [0.1, 0.15) is 0 Å². The van der Waals surface area contributed by atoms with Gasteiger partial charge in [0.05, 0.1) is 18.1 Å². The Labute approximate surface area is 80.9 Å². The fourth-order valence-electron chi connectivity index (χ4n) is 2.11. The van der Waals surface area contributed by atoms with Gasteiger partial charge < -0.3 is 4.74 Å². The Bertz CT molecular complexity index is 197.